The van der Waals surface area contributed by atoms with Crippen LogP contribution in [-0.2, 0) is 4.79 Å². The molecule has 9 heteroatoms. The van der Waals surface area contributed by atoms with Crippen molar-refractivity contribution in [3.05, 3.63) is 58.7 Å². The van der Waals surface area contributed by atoms with Crippen molar-refractivity contribution in [2.24, 2.45) is 15.8 Å². The molecule has 0 radical (unpaired) electrons. The van der Waals surface area contributed by atoms with Gasteiger partial charge in [0.25, 0.3) is 0 Å². The minimum Gasteiger partial charge on any atom is -0.387 e. The van der Waals surface area contributed by atoms with Crippen LogP contribution in [0.3, 0.4) is 0 Å². The number of hydrogen-bond acceptors (Lipinski definition) is 8. The lowest BCUT2D eigenvalue weighted by Crippen LogP contribution is -2.38. The van der Waals surface area contributed by atoms with Crippen LogP contribution in [0.2, 0.25) is 0 Å². The SMILES string of the molecule is CCCN(CCN(C)C)C(=O)C1=Cc2ccc(-c3ccc(C=O)c(/C=N\N(C)CCSCC)c3)cc2N=C(N)C1. The molecule has 40 heavy (non-hydrogen) atoms. The number of aldehydes is 1. The second-order valence-corrected chi connectivity index (χ2v) is 11.5. The number of hydrazone groups is 1. The highest BCUT2D eigenvalue weighted by atomic mass is 32.2. The summed E-state index contributed by atoms with van der Waals surface area (Å²) >= 11 is 1.87. The van der Waals surface area contributed by atoms with Gasteiger partial charge in [-0.2, -0.15) is 16.9 Å². The fourth-order valence-corrected chi connectivity index (χ4v) is 5.03. The van der Waals surface area contributed by atoms with Crippen LogP contribution in [0.4, 0.5) is 5.69 Å². The molecule has 0 spiro atoms. The third kappa shape index (κ3) is 8.79. The molecule has 0 aliphatic carbocycles. The Morgan fingerprint density at radius 1 is 1.02 bits per heavy atom. The van der Waals surface area contributed by atoms with Crippen LogP contribution in [0.5, 0.6) is 0 Å². The second kappa shape index (κ2) is 15.4. The molecule has 0 fully saturated rings. The Morgan fingerprint density at radius 3 is 2.48 bits per heavy atom. The zero-order valence-corrected chi connectivity index (χ0v) is 25.2. The van der Waals surface area contributed by atoms with Crippen LogP contribution >= 0.6 is 11.8 Å². The second-order valence-electron chi connectivity index (χ2n) is 10.1. The third-order valence-electron chi connectivity index (χ3n) is 6.57. The van der Waals surface area contributed by atoms with Crippen molar-refractivity contribution in [3.63, 3.8) is 0 Å². The Morgan fingerprint density at radius 2 is 1.77 bits per heavy atom. The van der Waals surface area contributed by atoms with Crippen molar-refractivity contribution in [3.8, 4) is 11.1 Å². The number of nitrogens with two attached hydrogens (primary N) is 1. The maximum atomic E-state index is 13.5. The van der Waals surface area contributed by atoms with Crippen LogP contribution < -0.4 is 5.73 Å². The lowest BCUT2D eigenvalue weighted by atomic mass is 9.97. The van der Waals surface area contributed by atoms with Crippen molar-refractivity contribution in [1.29, 1.82) is 0 Å². The summed E-state index contributed by atoms with van der Waals surface area (Å²) < 4.78 is 0. The standard InChI is InChI=1S/C31H42N6O2S/c1-6-12-37(14-13-35(3)4)31(39)27-18-25-10-8-24(19-29(25)34-30(32)20-27)23-9-11-26(22-38)28(17-23)21-33-36(5)15-16-40-7-2/h8-11,17-19,21-22H,6-7,12-16,20H2,1-5H3,(H2,32,34)/b33-21-. The molecule has 214 valence electrons. The van der Waals surface area contributed by atoms with Crippen LogP contribution in [-0.4, -0.2) is 97.9 Å². The summed E-state index contributed by atoms with van der Waals surface area (Å²) in [7, 11) is 5.95. The predicted molar refractivity (Wildman–Crippen MR) is 170 cm³/mol. The Balaban J connectivity index is 1.89. The summed E-state index contributed by atoms with van der Waals surface area (Å²) in [5, 5.41) is 6.41. The van der Waals surface area contributed by atoms with Crippen molar-refractivity contribution in [2.75, 3.05) is 58.8 Å². The van der Waals surface area contributed by atoms with E-state index in [9.17, 15) is 9.59 Å². The van der Waals surface area contributed by atoms with E-state index in [1.165, 1.54) is 0 Å². The summed E-state index contributed by atoms with van der Waals surface area (Å²) in [6, 6.07) is 11.7. The number of amides is 1. The zero-order valence-electron chi connectivity index (χ0n) is 24.4. The van der Waals surface area contributed by atoms with Gasteiger partial charge in [-0.15, -0.1) is 0 Å². The molecule has 1 aliphatic heterocycles. The molecule has 2 aromatic rings. The molecule has 0 unspecified atom stereocenters. The van der Waals surface area contributed by atoms with Crippen LogP contribution in [0.25, 0.3) is 17.2 Å². The Bertz CT molecular complexity index is 1270. The third-order valence-corrected chi connectivity index (χ3v) is 7.45. The number of benzene rings is 2. The van der Waals surface area contributed by atoms with Gasteiger partial charge >= 0.3 is 0 Å². The van der Waals surface area contributed by atoms with E-state index in [2.05, 4.69) is 28.8 Å². The topological polar surface area (TPSA) is 94.6 Å². The van der Waals surface area contributed by atoms with Gasteiger partial charge in [0.15, 0.2) is 6.29 Å². The average molecular weight is 563 g/mol. The molecule has 0 saturated heterocycles. The van der Waals surface area contributed by atoms with Crippen molar-refractivity contribution >= 4 is 47.8 Å². The number of hydrogen-bond donors (Lipinski definition) is 1. The number of carbonyl (C=O) groups excluding carboxylic acids is 2. The molecule has 0 aromatic heterocycles. The van der Waals surface area contributed by atoms with Gasteiger partial charge in [0.05, 0.1) is 11.9 Å². The average Bonchev–Trinajstić information content (AvgIpc) is 3.11. The van der Waals surface area contributed by atoms with Crippen molar-refractivity contribution in [2.45, 2.75) is 26.7 Å². The molecule has 1 aliphatic rings. The fourth-order valence-electron chi connectivity index (χ4n) is 4.35. The number of likely N-dealkylation sites (N-methyl/N-ethyl adjacent to an activating group) is 1. The van der Waals surface area contributed by atoms with E-state index in [0.717, 1.165) is 65.2 Å². The Hall–Kier alpha value is -3.43. The first-order chi connectivity index (χ1) is 19.2. The number of rotatable bonds is 14. The molecule has 2 aromatic carbocycles. The number of fused-ring (bicyclic) bond motifs is 1. The van der Waals surface area contributed by atoms with Crippen LogP contribution in [0.1, 0.15) is 48.2 Å². The van der Waals surface area contributed by atoms with E-state index in [-0.39, 0.29) is 5.91 Å². The highest BCUT2D eigenvalue weighted by Crippen LogP contribution is 2.32. The van der Waals surface area contributed by atoms with Crippen LogP contribution in [0, 0.1) is 0 Å². The Kier molecular flexibility index (Phi) is 12.0. The molecular weight excluding hydrogens is 520 g/mol. The molecule has 8 nitrogen and oxygen atoms in total. The number of nitrogens with zero attached hydrogens (tertiary/aromatic N) is 5. The maximum Gasteiger partial charge on any atom is 0.250 e. The largest absolute Gasteiger partial charge is 0.387 e. The lowest BCUT2D eigenvalue weighted by Gasteiger charge is -2.25. The number of aliphatic imine (C=N–C) groups is 1. The summed E-state index contributed by atoms with van der Waals surface area (Å²) in [5.74, 6) is 2.49. The molecule has 2 N–H and O–H groups in total. The van der Waals surface area contributed by atoms with E-state index in [1.54, 1.807) is 6.21 Å². The minimum atomic E-state index is 0.00501. The van der Waals surface area contributed by atoms with Gasteiger partial charge in [0.2, 0.25) is 5.91 Å². The van der Waals surface area contributed by atoms with Gasteiger partial charge in [-0.3, -0.25) is 14.6 Å². The molecule has 1 heterocycles. The zero-order chi connectivity index (χ0) is 29.1. The van der Waals surface area contributed by atoms with E-state index >= 15 is 0 Å². The summed E-state index contributed by atoms with van der Waals surface area (Å²) in [5.41, 5.74) is 11.7. The quantitative estimate of drug-likeness (QED) is 0.154. The predicted octanol–water partition coefficient (Wildman–Crippen LogP) is 4.76. The molecule has 0 bridgehead atoms. The highest BCUT2D eigenvalue weighted by Gasteiger charge is 2.21. The van der Waals surface area contributed by atoms with Gasteiger partial charge < -0.3 is 15.5 Å². The molecule has 1 amide bonds. The lowest BCUT2D eigenvalue weighted by molar-refractivity contribution is -0.127. The normalized spacial score (nSPS) is 13.1. The van der Waals surface area contributed by atoms with Gasteiger partial charge in [0.1, 0.15) is 5.84 Å². The molecule has 0 atom stereocenters. The van der Waals surface area contributed by atoms with E-state index in [4.69, 9.17) is 5.73 Å². The highest BCUT2D eigenvalue weighted by molar-refractivity contribution is 7.99. The Labute approximate surface area is 243 Å². The number of carbonyl (C=O) groups is 2. The van der Waals surface area contributed by atoms with Gasteiger partial charge in [-0.1, -0.05) is 38.1 Å². The monoisotopic (exact) mass is 562 g/mol. The smallest absolute Gasteiger partial charge is 0.250 e. The van der Waals surface area contributed by atoms with Crippen molar-refractivity contribution < 1.29 is 9.59 Å². The number of thioether (sulfide) groups is 1. The van der Waals surface area contributed by atoms with E-state index in [0.29, 0.717) is 36.5 Å². The number of amidine groups is 1. The summed E-state index contributed by atoms with van der Waals surface area (Å²) in [6.07, 6.45) is 5.71. The summed E-state index contributed by atoms with van der Waals surface area (Å²) in [6.45, 7) is 7.21. The van der Waals surface area contributed by atoms with Crippen LogP contribution in [0.15, 0.2) is 52.1 Å². The fraction of sp³-hybridized carbons (Fsp3) is 0.419. The first-order valence-corrected chi connectivity index (χ1v) is 14.9. The van der Waals surface area contributed by atoms with Gasteiger partial charge in [-0.25, -0.2) is 4.99 Å². The maximum absolute atomic E-state index is 13.5. The summed E-state index contributed by atoms with van der Waals surface area (Å²) in [4.78, 5) is 33.8. The molecule has 3 rings (SSSR count). The van der Waals surface area contributed by atoms with Crippen molar-refractivity contribution in [1.82, 2.24) is 14.8 Å². The van der Waals surface area contributed by atoms with E-state index < -0.39 is 0 Å². The van der Waals surface area contributed by atoms with Gasteiger partial charge in [0, 0.05) is 67.7 Å². The first kappa shape index (κ1) is 31.1. The molecular formula is C31H42N6O2S. The minimum absolute atomic E-state index is 0.00501. The van der Waals surface area contributed by atoms with Gasteiger partial charge in [-0.05, 0) is 55.6 Å². The van der Waals surface area contributed by atoms with E-state index in [1.807, 2.05) is 85.3 Å². The first-order valence-electron chi connectivity index (χ1n) is 13.8. The molecule has 0 saturated carbocycles.